The van der Waals surface area contributed by atoms with E-state index < -0.39 is 20.0 Å². The molecule has 0 N–H and O–H groups in total. The van der Waals surface area contributed by atoms with Crippen LogP contribution < -0.4 is 10.4 Å². The largest absolute Gasteiger partial charge is 0.466 e. The maximum absolute atomic E-state index is 13.9. The van der Waals surface area contributed by atoms with Crippen molar-refractivity contribution in [3.8, 4) is 0 Å². The Balaban J connectivity index is 1.46. The zero-order chi connectivity index (χ0) is 42.7. The zero-order valence-electron chi connectivity index (χ0n) is 37.6. The Hall–Kier alpha value is -4.00. The second kappa shape index (κ2) is 23.7. The van der Waals surface area contributed by atoms with Gasteiger partial charge in [-0.25, -0.2) is 0 Å². The van der Waals surface area contributed by atoms with E-state index in [0.717, 1.165) is 36.2 Å². The number of carbonyl (C=O) groups is 2. The Bertz CT molecular complexity index is 1730. The van der Waals surface area contributed by atoms with E-state index in [1.807, 2.05) is 60.7 Å². The second-order valence-corrected chi connectivity index (χ2v) is 23.9. The van der Waals surface area contributed by atoms with Gasteiger partial charge in [0.05, 0.1) is 18.9 Å². The molecule has 59 heavy (non-hydrogen) atoms. The van der Waals surface area contributed by atoms with Gasteiger partial charge < -0.3 is 14.2 Å². The number of esters is 2. The monoisotopic (exact) mass is 819 g/mol. The molecule has 5 nitrogen and oxygen atoms in total. The van der Waals surface area contributed by atoms with Crippen molar-refractivity contribution >= 4 is 30.4 Å². The van der Waals surface area contributed by atoms with E-state index in [4.69, 9.17) is 14.2 Å². The molecule has 4 aromatic rings. The SMILES string of the molecule is CC(CCC(COCCC[Si](CCOC(=O)[C@@H](CC(=O)OCc1ccccc1)Cc1ccccc1)(c1ccccc1)c1ccccc1)C(C)CC(C)(C)C)CC(C)(C)C. The van der Waals surface area contributed by atoms with Gasteiger partial charge in [0.15, 0.2) is 0 Å². The lowest BCUT2D eigenvalue weighted by Gasteiger charge is -2.34. The van der Waals surface area contributed by atoms with Gasteiger partial charge in [-0.1, -0.05) is 194 Å². The number of benzene rings is 4. The van der Waals surface area contributed by atoms with Gasteiger partial charge in [0, 0.05) is 13.2 Å². The molecule has 0 fully saturated rings. The van der Waals surface area contributed by atoms with Crippen LogP contribution in [0.15, 0.2) is 121 Å². The molecule has 4 rings (SSSR count). The van der Waals surface area contributed by atoms with Crippen LogP contribution in [0.25, 0.3) is 0 Å². The summed E-state index contributed by atoms with van der Waals surface area (Å²) in [6, 6.07) is 42.8. The van der Waals surface area contributed by atoms with Crippen LogP contribution in [0.2, 0.25) is 12.1 Å². The first-order chi connectivity index (χ1) is 28.1. The molecule has 0 bridgehead atoms. The van der Waals surface area contributed by atoms with E-state index in [-0.39, 0.29) is 31.0 Å². The summed E-state index contributed by atoms with van der Waals surface area (Å²) in [4.78, 5) is 27.1. The Kier molecular flexibility index (Phi) is 19.1. The van der Waals surface area contributed by atoms with E-state index in [2.05, 4.69) is 116 Å². The van der Waals surface area contributed by atoms with E-state index in [9.17, 15) is 9.59 Å². The van der Waals surface area contributed by atoms with Gasteiger partial charge in [0.2, 0.25) is 0 Å². The predicted molar refractivity (Wildman–Crippen MR) is 248 cm³/mol. The summed E-state index contributed by atoms with van der Waals surface area (Å²) < 4.78 is 18.5. The number of rotatable bonds is 24. The first-order valence-electron chi connectivity index (χ1n) is 22.2. The van der Waals surface area contributed by atoms with Crippen molar-refractivity contribution in [3.63, 3.8) is 0 Å². The average Bonchev–Trinajstić information content (AvgIpc) is 3.20. The van der Waals surface area contributed by atoms with Crippen molar-refractivity contribution in [3.05, 3.63) is 132 Å². The van der Waals surface area contributed by atoms with Gasteiger partial charge in [-0.2, -0.15) is 0 Å². The molecular formula is C53H74O5Si. The lowest BCUT2D eigenvalue weighted by molar-refractivity contribution is -0.155. The average molecular weight is 819 g/mol. The topological polar surface area (TPSA) is 61.8 Å². The smallest absolute Gasteiger partial charge is 0.309 e. The summed E-state index contributed by atoms with van der Waals surface area (Å²) in [5.41, 5.74) is 2.52. The molecule has 0 aliphatic carbocycles. The van der Waals surface area contributed by atoms with Gasteiger partial charge in [-0.15, -0.1) is 0 Å². The van der Waals surface area contributed by atoms with Crippen LogP contribution in [0.5, 0.6) is 0 Å². The Morgan fingerprint density at radius 2 is 1.14 bits per heavy atom. The minimum Gasteiger partial charge on any atom is -0.466 e. The molecule has 0 amide bonds. The van der Waals surface area contributed by atoms with E-state index in [1.54, 1.807) is 0 Å². The minimum atomic E-state index is -2.44. The first kappa shape index (κ1) is 47.7. The summed E-state index contributed by atoms with van der Waals surface area (Å²) in [6.07, 6.45) is 6.15. The Morgan fingerprint density at radius 1 is 0.610 bits per heavy atom. The lowest BCUT2D eigenvalue weighted by atomic mass is 9.76. The molecule has 4 aromatic carbocycles. The van der Waals surface area contributed by atoms with Gasteiger partial charge in [-0.3, -0.25) is 9.59 Å². The molecule has 4 atom stereocenters. The van der Waals surface area contributed by atoms with Gasteiger partial charge in [-0.05, 0) is 83.9 Å². The third-order valence-corrected chi connectivity index (χ3v) is 16.8. The van der Waals surface area contributed by atoms with Crippen LogP contribution >= 0.6 is 0 Å². The molecule has 0 radical (unpaired) electrons. The van der Waals surface area contributed by atoms with Crippen molar-refractivity contribution in [1.29, 1.82) is 0 Å². The van der Waals surface area contributed by atoms with Crippen LogP contribution in [0.4, 0.5) is 0 Å². The summed E-state index contributed by atoms with van der Waals surface area (Å²) in [6.45, 7) is 20.9. The van der Waals surface area contributed by atoms with Crippen LogP contribution in [0.3, 0.4) is 0 Å². The van der Waals surface area contributed by atoms with Crippen molar-refractivity contribution in [2.75, 3.05) is 19.8 Å². The molecule has 0 heterocycles. The first-order valence-corrected chi connectivity index (χ1v) is 24.6. The zero-order valence-corrected chi connectivity index (χ0v) is 38.6. The van der Waals surface area contributed by atoms with Crippen molar-refractivity contribution in [2.24, 2.45) is 34.5 Å². The fraction of sp³-hybridized carbons (Fsp3) is 0.509. The molecule has 3 unspecified atom stereocenters. The van der Waals surface area contributed by atoms with Crippen LogP contribution in [-0.4, -0.2) is 39.8 Å². The van der Waals surface area contributed by atoms with Crippen LogP contribution in [-0.2, 0) is 36.8 Å². The minimum absolute atomic E-state index is 0.0390. The van der Waals surface area contributed by atoms with Gasteiger partial charge >= 0.3 is 11.9 Å². The Labute approximate surface area is 358 Å². The highest BCUT2D eigenvalue weighted by Gasteiger charge is 2.37. The number of carbonyl (C=O) groups excluding carboxylic acids is 2. The normalized spacial score (nSPS) is 14.2. The van der Waals surface area contributed by atoms with Crippen LogP contribution in [0.1, 0.15) is 105 Å². The maximum atomic E-state index is 13.9. The van der Waals surface area contributed by atoms with Crippen molar-refractivity contribution in [2.45, 2.75) is 119 Å². The fourth-order valence-corrected chi connectivity index (χ4v) is 13.6. The molecule has 0 saturated heterocycles. The van der Waals surface area contributed by atoms with E-state index in [1.165, 1.54) is 36.1 Å². The van der Waals surface area contributed by atoms with E-state index in [0.29, 0.717) is 36.2 Å². The molecule has 6 heteroatoms. The lowest BCUT2D eigenvalue weighted by Crippen LogP contribution is -2.58. The predicted octanol–water partition coefficient (Wildman–Crippen LogP) is 11.7. The number of hydrogen-bond donors (Lipinski definition) is 0. The molecule has 0 saturated carbocycles. The molecule has 0 aliphatic rings. The van der Waals surface area contributed by atoms with Gasteiger partial charge in [0.1, 0.15) is 14.7 Å². The summed E-state index contributed by atoms with van der Waals surface area (Å²) >= 11 is 0. The van der Waals surface area contributed by atoms with Crippen molar-refractivity contribution in [1.82, 2.24) is 0 Å². The van der Waals surface area contributed by atoms with Crippen molar-refractivity contribution < 1.29 is 23.8 Å². The third kappa shape index (κ3) is 17.2. The summed E-state index contributed by atoms with van der Waals surface area (Å²) in [5, 5.41) is 2.66. The third-order valence-electron chi connectivity index (χ3n) is 11.7. The summed E-state index contributed by atoms with van der Waals surface area (Å²) in [5.74, 6) is 0.400. The number of hydrogen-bond acceptors (Lipinski definition) is 5. The molecule has 0 aromatic heterocycles. The highest BCUT2D eigenvalue weighted by molar-refractivity contribution is 7.02. The van der Waals surface area contributed by atoms with Crippen LogP contribution in [0, 0.1) is 34.5 Å². The summed E-state index contributed by atoms with van der Waals surface area (Å²) in [7, 11) is -2.44. The second-order valence-electron chi connectivity index (χ2n) is 19.6. The standard InChI is InChI=1S/C53H74O5Si/c1-42(38-52(3,4)5)30-31-46(43(2)39-53(6,7)8)41-56-32-21-34-59(48-26-17-11-18-27-48,49-28-19-12-20-29-49)35-33-57-51(55)47(36-44-22-13-9-14-23-44)37-50(54)58-40-45-24-15-10-16-25-45/h9-20,22-29,42-43,46-47H,21,30-41H2,1-8H3/t42?,43?,46?,47-/m1/s1. The number of ether oxygens (including phenoxy) is 3. The maximum Gasteiger partial charge on any atom is 0.309 e. The van der Waals surface area contributed by atoms with Gasteiger partial charge in [0.25, 0.3) is 0 Å². The van der Waals surface area contributed by atoms with E-state index >= 15 is 0 Å². The highest BCUT2D eigenvalue weighted by Crippen LogP contribution is 2.34. The Morgan fingerprint density at radius 3 is 1.68 bits per heavy atom. The fourth-order valence-electron chi connectivity index (χ4n) is 8.98. The molecule has 0 aliphatic heterocycles. The highest BCUT2D eigenvalue weighted by atomic mass is 28.3. The molecular weight excluding hydrogens is 745 g/mol. The molecule has 320 valence electrons. The quantitative estimate of drug-likeness (QED) is 0.0400. The molecule has 0 spiro atoms.